The van der Waals surface area contributed by atoms with Crippen LogP contribution in [-0.4, -0.2) is 36.0 Å². The number of piperidine rings is 1. The first-order chi connectivity index (χ1) is 12.5. The fourth-order valence-electron chi connectivity index (χ4n) is 3.91. The lowest BCUT2D eigenvalue weighted by Crippen LogP contribution is -2.48. The largest absolute Gasteiger partial charge is 0.353 e. The number of anilines is 1. The van der Waals surface area contributed by atoms with E-state index in [1.165, 1.54) is 31.4 Å². The molecule has 0 bridgehead atoms. The molecule has 142 valence electrons. The van der Waals surface area contributed by atoms with E-state index in [9.17, 15) is 14.0 Å². The van der Waals surface area contributed by atoms with Crippen LogP contribution in [0.1, 0.15) is 45.4 Å². The molecule has 2 N–H and O–H groups in total. The molecule has 1 aliphatic carbocycles. The van der Waals surface area contributed by atoms with E-state index in [-0.39, 0.29) is 23.7 Å². The van der Waals surface area contributed by atoms with Crippen LogP contribution in [0.3, 0.4) is 0 Å². The second kappa shape index (κ2) is 8.52. The molecule has 2 aliphatic rings. The molecule has 2 atom stereocenters. The van der Waals surface area contributed by atoms with Crippen molar-refractivity contribution in [2.24, 2.45) is 11.8 Å². The smallest absolute Gasteiger partial charge is 0.321 e. The van der Waals surface area contributed by atoms with Gasteiger partial charge in [0, 0.05) is 30.7 Å². The summed E-state index contributed by atoms with van der Waals surface area (Å²) in [7, 11) is 0. The standard InChI is InChI=1S/C20H28FN3O2/c1-14-4-2-3-5-18(14)23-19(25)15-10-12-24(13-11-15)20(26)22-17-8-6-16(21)7-9-17/h6-9,14-15,18H,2-5,10-13H2,1H3,(H,22,26)(H,23,25). The number of amides is 3. The van der Waals surface area contributed by atoms with Crippen molar-refractivity contribution in [3.8, 4) is 0 Å². The van der Waals surface area contributed by atoms with Gasteiger partial charge in [-0.25, -0.2) is 9.18 Å². The van der Waals surface area contributed by atoms with Gasteiger partial charge in [0.15, 0.2) is 0 Å². The minimum atomic E-state index is -0.331. The van der Waals surface area contributed by atoms with E-state index in [0.29, 0.717) is 43.6 Å². The Labute approximate surface area is 154 Å². The topological polar surface area (TPSA) is 61.4 Å². The summed E-state index contributed by atoms with van der Waals surface area (Å²) in [4.78, 5) is 26.6. The summed E-state index contributed by atoms with van der Waals surface area (Å²) in [5, 5.41) is 6.01. The fourth-order valence-corrected chi connectivity index (χ4v) is 3.91. The van der Waals surface area contributed by atoms with Crippen molar-refractivity contribution in [3.05, 3.63) is 30.1 Å². The van der Waals surface area contributed by atoms with Crippen molar-refractivity contribution in [2.75, 3.05) is 18.4 Å². The third kappa shape index (κ3) is 4.74. The fraction of sp³-hybridized carbons (Fsp3) is 0.600. The first-order valence-electron chi connectivity index (χ1n) is 9.65. The molecule has 0 spiro atoms. The van der Waals surface area contributed by atoms with Crippen LogP contribution in [0.15, 0.2) is 24.3 Å². The molecule has 2 unspecified atom stereocenters. The number of nitrogens with zero attached hydrogens (tertiary/aromatic N) is 1. The second-order valence-corrected chi connectivity index (χ2v) is 7.58. The van der Waals surface area contributed by atoms with Gasteiger partial charge < -0.3 is 15.5 Å². The number of nitrogens with one attached hydrogen (secondary N) is 2. The van der Waals surface area contributed by atoms with Crippen molar-refractivity contribution in [3.63, 3.8) is 0 Å². The predicted octanol–water partition coefficient (Wildman–Crippen LogP) is 3.76. The zero-order chi connectivity index (χ0) is 18.5. The van der Waals surface area contributed by atoms with Gasteiger partial charge in [0.1, 0.15) is 5.82 Å². The van der Waals surface area contributed by atoms with Crippen LogP contribution in [0.4, 0.5) is 14.9 Å². The van der Waals surface area contributed by atoms with Gasteiger partial charge in [-0.15, -0.1) is 0 Å². The van der Waals surface area contributed by atoms with Gasteiger partial charge in [-0.3, -0.25) is 4.79 Å². The van der Waals surface area contributed by atoms with Gasteiger partial charge in [-0.2, -0.15) is 0 Å². The maximum Gasteiger partial charge on any atom is 0.321 e. The third-order valence-electron chi connectivity index (χ3n) is 5.69. The maximum absolute atomic E-state index is 12.9. The molecule has 3 rings (SSSR count). The Morgan fingerprint density at radius 1 is 1.04 bits per heavy atom. The average molecular weight is 361 g/mol. The third-order valence-corrected chi connectivity index (χ3v) is 5.69. The van der Waals surface area contributed by atoms with Gasteiger partial charge in [0.25, 0.3) is 0 Å². The van der Waals surface area contributed by atoms with Crippen LogP contribution in [0, 0.1) is 17.7 Å². The Bertz CT molecular complexity index is 626. The SMILES string of the molecule is CC1CCCCC1NC(=O)C1CCN(C(=O)Nc2ccc(F)cc2)CC1. The summed E-state index contributed by atoms with van der Waals surface area (Å²) in [6.07, 6.45) is 6.08. The average Bonchev–Trinajstić information content (AvgIpc) is 2.65. The summed E-state index contributed by atoms with van der Waals surface area (Å²) in [5.74, 6) is 0.345. The summed E-state index contributed by atoms with van der Waals surface area (Å²) in [6.45, 7) is 3.34. The van der Waals surface area contributed by atoms with Crippen molar-refractivity contribution < 1.29 is 14.0 Å². The molecule has 1 aliphatic heterocycles. The molecule has 0 radical (unpaired) electrons. The highest BCUT2D eigenvalue weighted by Gasteiger charge is 2.30. The molecular formula is C20H28FN3O2. The normalized spacial score (nSPS) is 24.2. The molecule has 1 heterocycles. The van der Waals surface area contributed by atoms with E-state index >= 15 is 0 Å². The van der Waals surface area contributed by atoms with Crippen LogP contribution in [0.5, 0.6) is 0 Å². The van der Waals surface area contributed by atoms with E-state index in [1.54, 1.807) is 17.0 Å². The van der Waals surface area contributed by atoms with E-state index in [4.69, 9.17) is 0 Å². The highest BCUT2D eigenvalue weighted by Crippen LogP contribution is 2.25. The summed E-state index contributed by atoms with van der Waals surface area (Å²) >= 11 is 0. The Kier molecular flexibility index (Phi) is 6.12. The Morgan fingerprint density at radius 3 is 2.35 bits per heavy atom. The number of urea groups is 1. The number of carbonyl (C=O) groups is 2. The molecule has 2 fully saturated rings. The number of hydrogen-bond acceptors (Lipinski definition) is 2. The number of rotatable bonds is 3. The lowest BCUT2D eigenvalue weighted by molar-refractivity contribution is -0.127. The molecule has 6 heteroatoms. The van der Waals surface area contributed by atoms with Gasteiger partial charge in [0.05, 0.1) is 0 Å². The lowest BCUT2D eigenvalue weighted by atomic mass is 9.85. The molecule has 1 saturated carbocycles. The highest BCUT2D eigenvalue weighted by molar-refractivity contribution is 5.89. The molecule has 1 aromatic carbocycles. The summed E-state index contributed by atoms with van der Waals surface area (Å²) < 4.78 is 12.9. The molecule has 1 aromatic rings. The highest BCUT2D eigenvalue weighted by atomic mass is 19.1. The van der Waals surface area contributed by atoms with Crippen LogP contribution in [0.2, 0.25) is 0 Å². The van der Waals surface area contributed by atoms with Crippen LogP contribution < -0.4 is 10.6 Å². The van der Waals surface area contributed by atoms with E-state index in [0.717, 1.165) is 6.42 Å². The van der Waals surface area contributed by atoms with Gasteiger partial charge >= 0.3 is 6.03 Å². The molecule has 0 aromatic heterocycles. The van der Waals surface area contributed by atoms with Crippen LogP contribution in [0.25, 0.3) is 0 Å². The van der Waals surface area contributed by atoms with Gasteiger partial charge in [0.2, 0.25) is 5.91 Å². The van der Waals surface area contributed by atoms with Crippen LogP contribution >= 0.6 is 0 Å². The maximum atomic E-state index is 12.9. The van der Waals surface area contributed by atoms with Crippen LogP contribution in [-0.2, 0) is 4.79 Å². The van der Waals surface area contributed by atoms with E-state index < -0.39 is 0 Å². The number of hydrogen-bond donors (Lipinski definition) is 2. The number of carbonyl (C=O) groups excluding carboxylic acids is 2. The molecule has 3 amide bonds. The Hall–Kier alpha value is -2.11. The molecule has 1 saturated heterocycles. The van der Waals surface area contributed by atoms with Gasteiger partial charge in [-0.1, -0.05) is 19.8 Å². The first-order valence-corrected chi connectivity index (χ1v) is 9.65. The number of likely N-dealkylation sites (tertiary alicyclic amines) is 1. The molecule has 26 heavy (non-hydrogen) atoms. The quantitative estimate of drug-likeness (QED) is 0.861. The monoisotopic (exact) mass is 361 g/mol. The Morgan fingerprint density at radius 2 is 1.69 bits per heavy atom. The van der Waals surface area contributed by atoms with E-state index in [1.807, 2.05) is 0 Å². The summed E-state index contributed by atoms with van der Waals surface area (Å²) in [5.41, 5.74) is 0.572. The predicted molar refractivity (Wildman–Crippen MR) is 99.3 cm³/mol. The van der Waals surface area contributed by atoms with Crippen molar-refractivity contribution in [1.29, 1.82) is 0 Å². The second-order valence-electron chi connectivity index (χ2n) is 7.58. The minimum Gasteiger partial charge on any atom is -0.353 e. The molecule has 5 nitrogen and oxygen atoms in total. The zero-order valence-corrected chi connectivity index (χ0v) is 15.3. The first kappa shape index (κ1) is 18.7. The van der Waals surface area contributed by atoms with Crippen molar-refractivity contribution in [1.82, 2.24) is 10.2 Å². The molecular weight excluding hydrogens is 333 g/mol. The number of halogens is 1. The minimum absolute atomic E-state index is 0.0148. The van der Waals surface area contributed by atoms with E-state index in [2.05, 4.69) is 17.6 Å². The van der Waals surface area contributed by atoms with Crippen molar-refractivity contribution >= 4 is 17.6 Å². The Balaban J connectivity index is 1.45. The lowest BCUT2D eigenvalue weighted by Gasteiger charge is -2.34. The van der Waals surface area contributed by atoms with Crippen molar-refractivity contribution in [2.45, 2.75) is 51.5 Å². The van der Waals surface area contributed by atoms with Gasteiger partial charge in [-0.05, 0) is 55.9 Å². The zero-order valence-electron chi connectivity index (χ0n) is 15.3. The summed E-state index contributed by atoms with van der Waals surface area (Å²) in [6, 6.07) is 5.82. The number of benzene rings is 1.